The maximum atomic E-state index is 11.9. The number of carbonyl (C=O) groups is 1. The van der Waals surface area contributed by atoms with Gasteiger partial charge in [-0.25, -0.2) is 0 Å². The number of aromatic nitrogens is 2. The van der Waals surface area contributed by atoms with E-state index in [0.29, 0.717) is 17.6 Å². The normalized spacial score (nSPS) is 29.2. The van der Waals surface area contributed by atoms with Crippen LogP contribution in [0, 0.1) is 0 Å². The van der Waals surface area contributed by atoms with E-state index in [1.165, 1.54) is 19.4 Å². The summed E-state index contributed by atoms with van der Waals surface area (Å²) in [6.07, 6.45) is 6.76. The Labute approximate surface area is 94.2 Å². The number of hydrogen-bond donors (Lipinski definition) is 2. The summed E-state index contributed by atoms with van der Waals surface area (Å²) < 4.78 is 0. The molecule has 0 spiro atoms. The van der Waals surface area contributed by atoms with Gasteiger partial charge in [0.1, 0.15) is 0 Å². The molecule has 16 heavy (non-hydrogen) atoms. The van der Waals surface area contributed by atoms with Crippen LogP contribution in [0.1, 0.15) is 29.6 Å². The second-order valence-corrected chi connectivity index (χ2v) is 4.60. The zero-order chi connectivity index (χ0) is 11.0. The molecule has 2 fully saturated rings. The van der Waals surface area contributed by atoms with E-state index in [2.05, 4.69) is 20.4 Å². The number of rotatable bonds is 2. The first-order valence-electron chi connectivity index (χ1n) is 5.88. The maximum absolute atomic E-state index is 11.9. The van der Waals surface area contributed by atoms with Gasteiger partial charge in [-0.15, -0.1) is 0 Å². The van der Waals surface area contributed by atoms with Gasteiger partial charge in [-0.3, -0.25) is 14.8 Å². The molecular formula is C11H16N4O. The first-order chi connectivity index (χ1) is 7.84. The lowest BCUT2D eigenvalue weighted by atomic mass is 10.1. The van der Waals surface area contributed by atoms with Crippen molar-refractivity contribution in [2.75, 3.05) is 13.1 Å². The van der Waals surface area contributed by atoms with Crippen molar-refractivity contribution in [3.63, 3.8) is 0 Å². The molecule has 0 bridgehead atoms. The summed E-state index contributed by atoms with van der Waals surface area (Å²) in [4.78, 5) is 14.3. The van der Waals surface area contributed by atoms with Crippen LogP contribution in [0.5, 0.6) is 0 Å². The molecule has 0 radical (unpaired) electrons. The third-order valence-electron chi connectivity index (χ3n) is 3.68. The largest absolute Gasteiger partial charge is 0.348 e. The Morgan fingerprint density at radius 3 is 3.25 bits per heavy atom. The van der Waals surface area contributed by atoms with Crippen LogP contribution in [0.15, 0.2) is 12.4 Å². The minimum atomic E-state index is -0.00694. The Balaban J connectivity index is 1.65. The second-order valence-electron chi connectivity index (χ2n) is 4.60. The molecule has 3 heterocycles. The number of carbonyl (C=O) groups excluding carboxylic acids is 1. The number of aromatic amines is 1. The molecule has 2 saturated heterocycles. The van der Waals surface area contributed by atoms with Crippen molar-refractivity contribution in [2.24, 2.45) is 0 Å². The van der Waals surface area contributed by atoms with Crippen LogP contribution >= 0.6 is 0 Å². The molecule has 2 unspecified atom stereocenters. The fraction of sp³-hybridized carbons (Fsp3) is 0.636. The average molecular weight is 220 g/mol. The van der Waals surface area contributed by atoms with Gasteiger partial charge in [0.2, 0.25) is 0 Å². The highest BCUT2D eigenvalue weighted by molar-refractivity contribution is 5.93. The molecule has 0 aliphatic carbocycles. The van der Waals surface area contributed by atoms with E-state index in [9.17, 15) is 4.79 Å². The van der Waals surface area contributed by atoms with E-state index in [4.69, 9.17) is 0 Å². The third-order valence-corrected chi connectivity index (χ3v) is 3.68. The number of amides is 1. The molecule has 86 valence electrons. The van der Waals surface area contributed by atoms with Gasteiger partial charge in [0.05, 0.1) is 11.8 Å². The van der Waals surface area contributed by atoms with Crippen molar-refractivity contribution in [3.8, 4) is 0 Å². The summed E-state index contributed by atoms with van der Waals surface area (Å²) in [6.45, 7) is 2.32. The molecule has 0 aromatic carbocycles. The van der Waals surface area contributed by atoms with Crippen LogP contribution in [-0.2, 0) is 0 Å². The molecule has 2 atom stereocenters. The number of nitrogens with zero attached hydrogens (tertiary/aromatic N) is 2. The molecule has 1 aromatic heterocycles. The smallest absolute Gasteiger partial charge is 0.254 e. The molecule has 3 rings (SSSR count). The van der Waals surface area contributed by atoms with Gasteiger partial charge >= 0.3 is 0 Å². The van der Waals surface area contributed by atoms with Crippen molar-refractivity contribution < 1.29 is 4.79 Å². The van der Waals surface area contributed by atoms with Gasteiger partial charge in [0, 0.05) is 24.8 Å². The standard InChI is InChI=1S/C11H16N4O/c16-11(8-6-12-13-7-8)14-9-3-5-15-4-1-2-10(9)15/h6-7,9-10H,1-5H2,(H,12,13)(H,14,16). The van der Waals surface area contributed by atoms with E-state index < -0.39 is 0 Å². The molecule has 5 nitrogen and oxygen atoms in total. The van der Waals surface area contributed by atoms with E-state index in [-0.39, 0.29) is 5.91 Å². The van der Waals surface area contributed by atoms with Crippen LogP contribution in [0.4, 0.5) is 0 Å². The van der Waals surface area contributed by atoms with Gasteiger partial charge in [0.15, 0.2) is 0 Å². The number of fused-ring (bicyclic) bond motifs is 1. The SMILES string of the molecule is O=C(NC1CCN2CCCC12)c1cn[nH]c1. The molecule has 1 aromatic rings. The topological polar surface area (TPSA) is 61.0 Å². The van der Waals surface area contributed by atoms with Crippen LogP contribution < -0.4 is 5.32 Å². The number of nitrogens with one attached hydrogen (secondary N) is 2. The monoisotopic (exact) mass is 220 g/mol. The Kier molecular flexibility index (Phi) is 2.40. The molecule has 2 aliphatic heterocycles. The fourth-order valence-corrected chi connectivity index (χ4v) is 2.88. The van der Waals surface area contributed by atoms with E-state index in [0.717, 1.165) is 13.0 Å². The lowest BCUT2D eigenvalue weighted by Crippen LogP contribution is -2.42. The van der Waals surface area contributed by atoms with Gasteiger partial charge in [0.25, 0.3) is 5.91 Å². The summed E-state index contributed by atoms with van der Waals surface area (Å²) in [5.74, 6) is -0.00694. The van der Waals surface area contributed by atoms with Crippen LogP contribution in [0.25, 0.3) is 0 Å². The van der Waals surface area contributed by atoms with Crippen molar-refractivity contribution in [1.82, 2.24) is 20.4 Å². The summed E-state index contributed by atoms with van der Waals surface area (Å²) in [7, 11) is 0. The van der Waals surface area contributed by atoms with Gasteiger partial charge in [-0.1, -0.05) is 0 Å². The maximum Gasteiger partial charge on any atom is 0.254 e. The van der Waals surface area contributed by atoms with Crippen molar-refractivity contribution >= 4 is 5.91 Å². The van der Waals surface area contributed by atoms with E-state index >= 15 is 0 Å². The van der Waals surface area contributed by atoms with E-state index in [1.807, 2.05) is 0 Å². The van der Waals surface area contributed by atoms with Crippen molar-refractivity contribution in [3.05, 3.63) is 18.0 Å². The van der Waals surface area contributed by atoms with E-state index in [1.54, 1.807) is 12.4 Å². The first-order valence-corrected chi connectivity index (χ1v) is 5.88. The molecule has 1 amide bonds. The lowest BCUT2D eigenvalue weighted by Gasteiger charge is -2.20. The summed E-state index contributed by atoms with van der Waals surface area (Å²) in [5.41, 5.74) is 0.622. The Bertz CT molecular complexity index is 375. The van der Waals surface area contributed by atoms with Crippen molar-refractivity contribution in [2.45, 2.75) is 31.3 Å². The zero-order valence-electron chi connectivity index (χ0n) is 9.15. The van der Waals surface area contributed by atoms with Crippen molar-refractivity contribution in [1.29, 1.82) is 0 Å². The first kappa shape index (κ1) is 9.84. The van der Waals surface area contributed by atoms with Gasteiger partial charge < -0.3 is 5.32 Å². The molecule has 0 saturated carbocycles. The zero-order valence-corrected chi connectivity index (χ0v) is 9.15. The predicted molar refractivity (Wildman–Crippen MR) is 59.1 cm³/mol. The Hall–Kier alpha value is -1.36. The average Bonchev–Trinajstić information content (AvgIpc) is 2.94. The second kappa shape index (κ2) is 3.90. The number of hydrogen-bond acceptors (Lipinski definition) is 3. The van der Waals surface area contributed by atoms with Gasteiger partial charge in [-0.2, -0.15) is 5.10 Å². The summed E-state index contributed by atoms with van der Waals surface area (Å²) in [5, 5.41) is 9.56. The van der Waals surface area contributed by atoms with Crippen LogP contribution in [0.3, 0.4) is 0 Å². The fourth-order valence-electron chi connectivity index (χ4n) is 2.88. The minimum Gasteiger partial charge on any atom is -0.348 e. The Morgan fingerprint density at radius 1 is 1.50 bits per heavy atom. The lowest BCUT2D eigenvalue weighted by molar-refractivity contribution is 0.0929. The third kappa shape index (κ3) is 1.61. The summed E-state index contributed by atoms with van der Waals surface area (Å²) >= 11 is 0. The quantitative estimate of drug-likeness (QED) is 0.757. The highest BCUT2D eigenvalue weighted by Gasteiger charge is 2.37. The summed E-state index contributed by atoms with van der Waals surface area (Å²) in [6, 6.07) is 0.890. The van der Waals surface area contributed by atoms with Crippen LogP contribution in [-0.4, -0.2) is 46.2 Å². The molecule has 2 aliphatic rings. The minimum absolute atomic E-state index is 0.00694. The Morgan fingerprint density at radius 2 is 2.44 bits per heavy atom. The molecular weight excluding hydrogens is 204 g/mol. The van der Waals surface area contributed by atoms with Crippen LogP contribution in [0.2, 0.25) is 0 Å². The number of H-pyrrole nitrogens is 1. The highest BCUT2D eigenvalue weighted by Crippen LogP contribution is 2.27. The molecule has 2 N–H and O–H groups in total. The van der Waals surface area contributed by atoms with Gasteiger partial charge in [-0.05, 0) is 25.8 Å². The highest BCUT2D eigenvalue weighted by atomic mass is 16.1. The molecule has 5 heteroatoms. The predicted octanol–water partition coefficient (Wildman–Crippen LogP) is 0.376.